The lowest BCUT2D eigenvalue weighted by Gasteiger charge is -2.28. The van der Waals surface area contributed by atoms with E-state index in [1.807, 2.05) is 30.3 Å². The van der Waals surface area contributed by atoms with E-state index in [-0.39, 0.29) is 5.97 Å². The third-order valence-corrected chi connectivity index (χ3v) is 2.92. The van der Waals surface area contributed by atoms with Crippen LogP contribution < -0.4 is 5.32 Å². The first-order chi connectivity index (χ1) is 9.62. The zero-order valence-electron chi connectivity index (χ0n) is 11.9. The first-order valence-corrected chi connectivity index (χ1v) is 6.59. The number of hydrogen-bond donors (Lipinski definition) is 1. The monoisotopic (exact) mass is 276 g/mol. The SMILES string of the molecule is CCOC(=O)C(C)(Cc1ccccc1)NCCN=[N+]=[N-]. The summed E-state index contributed by atoms with van der Waals surface area (Å²) in [6, 6.07) is 9.72. The lowest BCUT2D eigenvalue weighted by molar-refractivity contribution is -0.150. The van der Waals surface area contributed by atoms with Gasteiger partial charge in [0.2, 0.25) is 0 Å². The summed E-state index contributed by atoms with van der Waals surface area (Å²) < 4.78 is 5.13. The van der Waals surface area contributed by atoms with Gasteiger partial charge in [0.05, 0.1) is 6.61 Å². The number of carbonyl (C=O) groups is 1. The Labute approximate surface area is 118 Å². The molecule has 108 valence electrons. The fourth-order valence-corrected chi connectivity index (χ4v) is 1.93. The van der Waals surface area contributed by atoms with Gasteiger partial charge in [0, 0.05) is 24.4 Å². The molecular formula is C14H20N4O2. The normalized spacial score (nSPS) is 13.1. The van der Waals surface area contributed by atoms with Crippen molar-refractivity contribution in [2.24, 2.45) is 5.11 Å². The molecule has 0 aliphatic heterocycles. The second-order valence-electron chi connectivity index (χ2n) is 4.60. The van der Waals surface area contributed by atoms with E-state index in [2.05, 4.69) is 15.3 Å². The van der Waals surface area contributed by atoms with Crippen LogP contribution in [0.25, 0.3) is 10.4 Å². The van der Waals surface area contributed by atoms with Crippen LogP contribution in [0.1, 0.15) is 19.4 Å². The highest BCUT2D eigenvalue weighted by atomic mass is 16.5. The first kappa shape index (κ1) is 16.0. The van der Waals surface area contributed by atoms with E-state index >= 15 is 0 Å². The van der Waals surface area contributed by atoms with E-state index in [0.717, 1.165) is 5.56 Å². The largest absolute Gasteiger partial charge is 0.465 e. The molecule has 0 saturated carbocycles. The van der Waals surface area contributed by atoms with Gasteiger partial charge in [-0.3, -0.25) is 4.79 Å². The standard InChI is InChI=1S/C14H20N4O2/c1-3-20-13(19)14(2,16-9-10-17-18-15)11-12-7-5-4-6-8-12/h4-8,16H,3,9-11H2,1-2H3. The number of benzene rings is 1. The van der Waals surface area contributed by atoms with Gasteiger partial charge in [0.1, 0.15) is 5.54 Å². The summed E-state index contributed by atoms with van der Waals surface area (Å²) >= 11 is 0. The summed E-state index contributed by atoms with van der Waals surface area (Å²) in [4.78, 5) is 14.8. The van der Waals surface area contributed by atoms with Crippen LogP contribution in [0.5, 0.6) is 0 Å². The van der Waals surface area contributed by atoms with Crippen LogP contribution in [0.3, 0.4) is 0 Å². The molecule has 1 rings (SSSR count). The fourth-order valence-electron chi connectivity index (χ4n) is 1.93. The van der Waals surface area contributed by atoms with Crippen molar-refractivity contribution >= 4 is 5.97 Å². The zero-order chi connectivity index (χ0) is 14.8. The smallest absolute Gasteiger partial charge is 0.326 e. The number of ether oxygens (including phenoxy) is 1. The molecule has 1 unspecified atom stereocenters. The minimum Gasteiger partial charge on any atom is -0.465 e. The van der Waals surface area contributed by atoms with E-state index in [9.17, 15) is 4.79 Å². The molecule has 1 N–H and O–H groups in total. The Morgan fingerprint density at radius 2 is 2.15 bits per heavy atom. The van der Waals surface area contributed by atoms with Crippen LogP contribution in [0.2, 0.25) is 0 Å². The fraction of sp³-hybridized carbons (Fsp3) is 0.500. The maximum atomic E-state index is 12.1. The van der Waals surface area contributed by atoms with E-state index in [1.54, 1.807) is 13.8 Å². The number of esters is 1. The summed E-state index contributed by atoms with van der Waals surface area (Å²) in [5, 5.41) is 6.58. The predicted octanol–water partition coefficient (Wildman–Crippen LogP) is 2.45. The lowest BCUT2D eigenvalue weighted by Crippen LogP contribution is -2.53. The van der Waals surface area contributed by atoms with Gasteiger partial charge in [-0.15, -0.1) is 0 Å². The lowest BCUT2D eigenvalue weighted by atomic mass is 9.92. The first-order valence-electron chi connectivity index (χ1n) is 6.59. The van der Waals surface area contributed by atoms with Crippen molar-refractivity contribution in [2.75, 3.05) is 19.7 Å². The third kappa shape index (κ3) is 4.91. The molecule has 20 heavy (non-hydrogen) atoms. The molecule has 6 nitrogen and oxygen atoms in total. The molecule has 0 aliphatic rings. The van der Waals surface area contributed by atoms with Crippen molar-refractivity contribution in [3.8, 4) is 0 Å². The van der Waals surface area contributed by atoms with E-state index in [4.69, 9.17) is 10.3 Å². The highest BCUT2D eigenvalue weighted by molar-refractivity contribution is 5.80. The quantitative estimate of drug-likeness (QED) is 0.260. The summed E-state index contributed by atoms with van der Waals surface area (Å²) in [5.41, 5.74) is 8.47. The molecule has 1 aromatic carbocycles. The predicted molar refractivity (Wildman–Crippen MR) is 77.2 cm³/mol. The van der Waals surface area contributed by atoms with Gasteiger partial charge in [-0.2, -0.15) is 0 Å². The Kier molecular flexibility index (Phi) is 6.56. The second kappa shape index (κ2) is 8.19. The van der Waals surface area contributed by atoms with Crippen LogP contribution in [0.15, 0.2) is 35.4 Å². The van der Waals surface area contributed by atoms with Crippen LogP contribution in [0.4, 0.5) is 0 Å². The van der Waals surface area contributed by atoms with Gasteiger partial charge >= 0.3 is 5.97 Å². The Morgan fingerprint density at radius 3 is 2.75 bits per heavy atom. The number of nitrogens with one attached hydrogen (secondary N) is 1. The molecular weight excluding hydrogens is 256 g/mol. The van der Waals surface area contributed by atoms with E-state index in [0.29, 0.717) is 26.1 Å². The van der Waals surface area contributed by atoms with Crippen molar-refractivity contribution < 1.29 is 9.53 Å². The van der Waals surface area contributed by atoms with Crippen LogP contribution in [0, 0.1) is 0 Å². The van der Waals surface area contributed by atoms with Crippen LogP contribution in [-0.4, -0.2) is 31.2 Å². The molecule has 0 aromatic heterocycles. The van der Waals surface area contributed by atoms with Crippen molar-refractivity contribution in [1.82, 2.24) is 5.32 Å². The molecule has 0 aliphatic carbocycles. The number of carbonyl (C=O) groups excluding carboxylic acids is 1. The van der Waals surface area contributed by atoms with Gasteiger partial charge in [-0.1, -0.05) is 35.4 Å². The van der Waals surface area contributed by atoms with E-state index < -0.39 is 5.54 Å². The summed E-state index contributed by atoms with van der Waals surface area (Å²) in [6.45, 7) is 4.63. The molecule has 0 radical (unpaired) electrons. The van der Waals surface area contributed by atoms with Crippen molar-refractivity contribution in [2.45, 2.75) is 25.8 Å². The summed E-state index contributed by atoms with van der Waals surface area (Å²) in [5.74, 6) is -0.301. The maximum Gasteiger partial charge on any atom is 0.326 e. The Bertz CT molecular complexity index is 471. The average Bonchev–Trinajstić information content (AvgIpc) is 2.45. The van der Waals surface area contributed by atoms with Gasteiger partial charge < -0.3 is 10.1 Å². The average molecular weight is 276 g/mol. The number of nitrogens with zero attached hydrogens (tertiary/aromatic N) is 3. The van der Waals surface area contributed by atoms with Crippen LogP contribution in [-0.2, 0) is 16.0 Å². The Morgan fingerprint density at radius 1 is 1.45 bits per heavy atom. The van der Waals surface area contributed by atoms with E-state index in [1.165, 1.54) is 0 Å². The van der Waals surface area contributed by atoms with Crippen molar-refractivity contribution in [3.05, 3.63) is 46.3 Å². The van der Waals surface area contributed by atoms with Gasteiger partial charge in [-0.25, -0.2) is 0 Å². The molecule has 0 spiro atoms. The zero-order valence-corrected chi connectivity index (χ0v) is 11.9. The Balaban J connectivity index is 2.77. The minimum absolute atomic E-state index is 0.292. The van der Waals surface area contributed by atoms with Gasteiger partial charge in [0.15, 0.2) is 0 Å². The van der Waals surface area contributed by atoms with Crippen LogP contribution >= 0.6 is 0 Å². The van der Waals surface area contributed by atoms with Crippen molar-refractivity contribution in [1.29, 1.82) is 0 Å². The number of azide groups is 1. The summed E-state index contributed by atoms with van der Waals surface area (Å²) in [7, 11) is 0. The molecule has 1 atom stereocenters. The number of hydrogen-bond acceptors (Lipinski definition) is 4. The maximum absolute atomic E-state index is 12.1. The minimum atomic E-state index is -0.831. The highest BCUT2D eigenvalue weighted by Gasteiger charge is 2.34. The Hall–Kier alpha value is -2.04. The van der Waals surface area contributed by atoms with Crippen molar-refractivity contribution in [3.63, 3.8) is 0 Å². The van der Waals surface area contributed by atoms with Gasteiger partial charge in [0.25, 0.3) is 0 Å². The molecule has 0 saturated heterocycles. The molecule has 6 heteroatoms. The molecule has 1 aromatic rings. The van der Waals surface area contributed by atoms with Gasteiger partial charge in [-0.05, 0) is 24.9 Å². The highest BCUT2D eigenvalue weighted by Crippen LogP contribution is 2.15. The summed E-state index contributed by atoms with van der Waals surface area (Å²) in [6.07, 6.45) is 0.517. The molecule has 0 amide bonds. The molecule has 0 fully saturated rings. The number of rotatable bonds is 8. The molecule has 0 heterocycles. The topological polar surface area (TPSA) is 87.1 Å². The third-order valence-electron chi connectivity index (χ3n) is 2.92. The second-order valence-corrected chi connectivity index (χ2v) is 4.60. The molecule has 0 bridgehead atoms.